The van der Waals surface area contributed by atoms with Crippen molar-refractivity contribution in [2.24, 2.45) is 0 Å². The Hall–Kier alpha value is -2.31. The molecule has 7 heteroatoms. The summed E-state index contributed by atoms with van der Waals surface area (Å²) in [6.45, 7) is 4.09. The molecule has 1 atom stereocenters. The molecule has 20 heavy (non-hydrogen) atoms. The van der Waals surface area contributed by atoms with E-state index in [4.69, 9.17) is 9.84 Å². The van der Waals surface area contributed by atoms with Gasteiger partial charge in [0.15, 0.2) is 0 Å². The highest BCUT2D eigenvalue weighted by Crippen LogP contribution is 2.26. The third-order valence-electron chi connectivity index (χ3n) is 2.47. The number of carbonyl (C=O) groups is 1. The van der Waals surface area contributed by atoms with Crippen LogP contribution in [0.25, 0.3) is 0 Å². The number of carboxylic acid groups (broad SMARTS) is 1. The first-order valence-corrected chi connectivity index (χ1v) is 6.33. The Morgan fingerprint density at radius 3 is 2.75 bits per heavy atom. The number of ether oxygens (including phenoxy) is 1. The van der Waals surface area contributed by atoms with Gasteiger partial charge >= 0.3 is 5.97 Å². The predicted molar refractivity (Wildman–Crippen MR) is 74.2 cm³/mol. The normalized spacial score (nSPS) is 11.7. The lowest BCUT2D eigenvalue weighted by atomic mass is 10.2. The lowest BCUT2D eigenvalue weighted by Crippen LogP contribution is -2.19. The van der Waals surface area contributed by atoms with E-state index < -0.39 is 10.9 Å². The maximum atomic E-state index is 10.9. The van der Waals surface area contributed by atoms with Gasteiger partial charge in [-0.15, -0.1) is 0 Å². The molecule has 1 aromatic rings. The summed E-state index contributed by atoms with van der Waals surface area (Å²) in [6.07, 6.45) is 0.717. The maximum Gasteiger partial charge on any atom is 0.305 e. The van der Waals surface area contributed by atoms with Crippen LogP contribution < -0.4 is 10.1 Å². The molecule has 0 saturated carbocycles. The van der Waals surface area contributed by atoms with Gasteiger partial charge in [-0.2, -0.15) is 0 Å². The molecule has 0 fully saturated rings. The Morgan fingerprint density at radius 1 is 1.50 bits per heavy atom. The number of aliphatic carboxylic acids is 1. The molecule has 0 aliphatic rings. The van der Waals surface area contributed by atoms with Crippen molar-refractivity contribution in [3.05, 3.63) is 28.3 Å². The number of benzene rings is 1. The van der Waals surface area contributed by atoms with Crippen LogP contribution in [-0.4, -0.2) is 28.6 Å². The van der Waals surface area contributed by atoms with E-state index in [0.29, 0.717) is 18.0 Å². The topological polar surface area (TPSA) is 102 Å². The molecule has 2 N–H and O–H groups in total. The SMILES string of the molecule is CCCOc1cc(NC(C)CC(=O)O)cc([N+](=O)[O-])c1. The Balaban J connectivity index is 2.90. The van der Waals surface area contributed by atoms with Crippen molar-refractivity contribution < 1.29 is 19.6 Å². The van der Waals surface area contributed by atoms with Crippen molar-refractivity contribution in [1.29, 1.82) is 0 Å². The van der Waals surface area contributed by atoms with Crippen molar-refractivity contribution in [3.63, 3.8) is 0 Å². The Bertz CT molecular complexity index is 490. The zero-order valence-electron chi connectivity index (χ0n) is 11.5. The van der Waals surface area contributed by atoms with Gasteiger partial charge < -0.3 is 15.2 Å². The summed E-state index contributed by atoms with van der Waals surface area (Å²) >= 11 is 0. The average Bonchev–Trinajstić information content (AvgIpc) is 2.34. The highest BCUT2D eigenvalue weighted by atomic mass is 16.6. The second-order valence-electron chi connectivity index (χ2n) is 4.46. The Morgan fingerprint density at radius 2 is 2.20 bits per heavy atom. The summed E-state index contributed by atoms with van der Waals surface area (Å²) in [5, 5.41) is 22.5. The molecule has 0 saturated heterocycles. The van der Waals surface area contributed by atoms with Gasteiger partial charge in [-0.1, -0.05) is 6.92 Å². The Labute approximate surface area is 116 Å². The second kappa shape index (κ2) is 7.32. The first-order chi connectivity index (χ1) is 9.42. The summed E-state index contributed by atoms with van der Waals surface area (Å²) in [5.74, 6) is -0.538. The molecule has 7 nitrogen and oxygen atoms in total. The van der Waals surface area contributed by atoms with Crippen molar-refractivity contribution in [3.8, 4) is 5.75 Å². The number of hydrogen-bond acceptors (Lipinski definition) is 5. The first-order valence-electron chi connectivity index (χ1n) is 6.33. The largest absolute Gasteiger partial charge is 0.493 e. The minimum Gasteiger partial charge on any atom is -0.493 e. The summed E-state index contributed by atoms with van der Waals surface area (Å²) in [4.78, 5) is 21.0. The van der Waals surface area contributed by atoms with Crippen LogP contribution in [0.15, 0.2) is 18.2 Å². The molecule has 0 bridgehead atoms. The molecule has 0 amide bonds. The smallest absolute Gasteiger partial charge is 0.305 e. The van der Waals surface area contributed by atoms with E-state index in [1.165, 1.54) is 12.1 Å². The second-order valence-corrected chi connectivity index (χ2v) is 4.46. The summed E-state index contributed by atoms with van der Waals surface area (Å²) in [7, 11) is 0. The van der Waals surface area contributed by atoms with Gasteiger partial charge in [0, 0.05) is 23.9 Å². The molecule has 1 aromatic carbocycles. The van der Waals surface area contributed by atoms with Crippen LogP contribution in [0, 0.1) is 10.1 Å². The van der Waals surface area contributed by atoms with E-state index in [0.717, 1.165) is 6.42 Å². The quantitative estimate of drug-likeness (QED) is 0.561. The minimum absolute atomic E-state index is 0.0756. The molecular formula is C13H18N2O5. The monoisotopic (exact) mass is 282 g/mol. The van der Waals surface area contributed by atoms with Crippen LogP contribution in [-0.2, 0) is 4.79 Å². The van der Waals surface area contributed by atoms with E-state index in [-0.39, 0.29) is 18.2 Å². The van der Waals surface area contributed by atoms with Crippen LogP contribution in [0.4, 0.5) is 11.4 Å². The predicted octanol–water partition coefficient (Wildman–Crippen LogP) is 2.66. The highest BCUT2D eigenvalue weighted by Gasteiger charge is 2.13. The summed E-state index contributed by atoms with van der Waals surface area (Å²) < 4.78 is 5.39. The van der Waals surface area contributed by atoms with E-state index in [1.807, 2.05) is 6.92 Å². The van der Waals surface area contributed by atoms with Crippen LogP contribution in [0.3, 0.4) is 0 Å². The number of nitro benzene ring substituents is 1. The highest BCUT2D eigenvalue weighted by molar-refractivity contribution is 5.68. The Kier molecular flexibility index (Phi) is 5.76. The van der Waals surface area contributed by atoms with Gasteiger partial charge in [0.1, 0.15) is 5.75 Å². The fourth-order valence-corrected chi connectivity index (χ4v) is 1.67. The molecule has 0 aromatic heterocycles. The van der Waals surface area contributed by atoms with Gasteiger partial charge in [-0.3, -0.25) is 14.9 Å². The van der Waals surface area contributed by atoms with Crippen LogP contribution in [0.2, 0.25) is 0 Å². The number of carboxylic acids is 1. The van der Waals surface area contributed by atoms with Gasteiger partial charge in [-0.05, 0) is 13.3 Å². The molecule has 0 spiro atoms. The minimum atomic E-state index is -0.933. The van der Waals surface area contributed by atoms with E-state index in [9.17, 15) is 14.9 Å². The van der Waals surface area contributed by atoms with E-state index in [1.54, 1.807) is 13.0 Å². The third-order valence-corrected chi connectivity index (χ3v) is 2.47. The van der Waals surface area contributed by atoms with Crippen molar-refractivity contribution in [1.82, 2.24) is 0 Å². The first kappa shape index (κ1) is 15.7. The average molecular weight is 282 g/mol. The number of hydrogen-bond donors (Lipinski definition) is 2. The van der Waals surface area contributed by atoms with Crippen LogP contribution >= 0.6 is 0 Å². The standard InChI is InChI=1S/C13H18N2O5/c1-3-4-20-12-7-10(6-11(8-12)15(18)19)14-9(2)5-13(16)17/h6-9,14H,3-5H2,1-2H3,(H,16,17). The maximum absolute atomic E-state index is 10.9. The van der Waals surface area contributed by atoms with Gasteiger partial charge in [-0.25, -0.2) is 0 Å². The van der Waals surface area contributed by atoms with Gasteiger partial charge in [0.25, 0.3) is 5.69 Å². The van der Waals surface area contributed by atoms with E-state index in [2.05, 4.69) is 5.32 Å². The summed E-state index contributed by atoms with van der Waals surface area (Å²) in [6, 6.07) is 3.99. The van der Waals surface area contributed by atoms with Gasteiger partial charge in [0.2, 0.25) is 0 Å². The number of nitrogens with zero attached hydrogens (tertiary/aromatic N) is 1. The molecule has 1 unspecified atom stereocenters. The molecule has 110 valence electrons. The molecule has 0 heterocycles. The molecule has 0 aliphatic heterocycles. The lowest BCUT2D eigenvalue weighted by Gasteiger charge is -2.14. The fraction of sp³-hybridized carbons (Fsp3) is 0.462. The number of nitro groups is 1. The van der Waals surface area contributed by atoms with E-state index >= 15 is 0 Å². The zero-order valence-corrected chi connectivity index (χ0v) is 11.5. The molecular weight excluding hydrogens is 264 g/mol. The molecule has 1 rings (SSSR count). The zero-order chi connectivity index (χ0) is 15.1. The molecule has 0 radical (unpaired) electrons. The summed E-state index contributed by atoms with van der Waals surface area (Å²) in [5.41, 5.74) is 0.377. The number of anilines is 1. The van der Waals surface area contributed by atoms with Crippen molar-refractivity contribution in [2.75, 3.05) is 11.9 Å². The van der Waals surface area contributed by atoms with Gasteiger partial charge in [0.05, 0.1) is 24.0 Å². The number of nitrogens with one attached hydrogen (secondary N) is 1. The molecule has 0 aliphatic carbocycles. The number of non-ortho nitro benzene ring substituents is 1. The number of rotatable bonds is 8. The van der Waals surface area contributed by atoms with Crippen molar-refractivity contribution in [2.45, 2.75) is 32.7 Å². The fourth-order valence-electron chi connectivity index (χ4n) is 1.67. The lowest BCUT2D eigenvalue weighted by molar-refractivity contribution is -0.384. The van der Waals surface area contributed by atoms with Crippen LogP contribution in [0.5, 0.6) is 5.75 Å². The third kappa shape index (κ3) is 5.13. The van der Waals surface area contributed by atoms with Crippen LogP contribution in [0.1, 0.15) is 26.7 Å². The van der Waals surface area contributed by atoms with Crippen molar-refractivity contribution >= 4 is 17.3 Å².